The first kappa shape index (κ1) is 16.3. The Balaban J connectivity index is 1.67. The summed E-state index contributed by atoms with van der Waals surface area (Å²) in [5.74, 6) is 1.93. The minimum Gasteiger partial charge on any atom is -0.306 e. The summed E-state index contributed by atoms with van der Waals surface area (Å²) in [5, 5.41) is 18.3. The third kappa shape index (κ3) is 2.95. The van der Waals surface area contributed by atoms with E-state index in [1.165, 1.54) is 24.3 Å². The van der Waals surface area contributed by atoms with Gasteiger partial charge in [0.15, 0.2) is 0 Å². The van der Waals surface area contributed by atoms with Gasteiger partial charge in [0, 0.05) is 34.8 Å². The van der Waals surface area contributed by atoms with E-state index in [4.69, 9.17) is 0 Å². The van der Waals surface area contributed by atoms with Crippen LogP contribution in [0.2, 0.25) is 0 Å². The number of hydrogen-bond acceptors (Lipinski definition) is 5. The van der Waals surface area contributed by atoms with Crippen LogP contribution >= 0.6 is 11.8 Å². The van der Waals surface area contributed by atoms with Gasteiger partial charge in [-0.25, -0.2) is 4.68 Å². The van der Waals surface area contributed by atoms with Crippen LogP contribution in [0.15, 0.2) is 54.6 Å². The molecule has 0 saturated heterocycles. The zero-order valence-electron chi connectivity index (χ0n) is 13.6. The number of aromatic nitrogens is 2. The molecular formula is C18H14N4O3S. The molecule has 1 N–H and O–H groups in total. The Bertz CT molecular complexity index is 984. The normalized spacial score (nSPS) is 12.6. The molecule has 0 saturated carbocycles. The van der Waals surface area contributed by atoms with Crippen molar-refractivity contribution < 1.29 is 9.72 Å². The number of nitrogens with one attached hydrogen (secondary N) is 1. The molecule has 8 heteroatoms. The molecule has 0 bridgehead atoms. The molecule has 3 aromatic rings. The zero-order valence-corrected chi connectivity index (χ0v) is 14.4. The third-order valence-corrected chi connectivity index (χ3v) is 5.10. The van der Waals surface area contributed by atoms with E-state index in [2.05, 4.69) is 10.4 Å². The largest absolute Gasteiger partial charge is 0.306 e. The molecule has 1 aromatic heterocycles. The number of non-ortho nitro benzene ring substituents is 1. The zero-order chi connectivity index (χ0) is 18.1. The number of nitrogens with zero attached hydrogens (tertiary/aromatic N) is 3. The van der Waals surface area contributed by atoms with Crippen molar-refractivity contribution >= 4 is 29.2 Å². The molecule has 26 heavy (non-hydrogen) atoms. The highest BCUT2D eigenvalue weighted by molar-refractivity contribution is 7.98. The van der Waals surface area contributed by atoms with Gasteiger partial charge in [-0.05, 0) is 24.3 Å². The molecule has 0 aliphatic carbocycles. The van der Waals surface area contributed by atoms with Crippen LogP contribution in [0.5, 0.6) is 0 Å². The molecule has 0 unspecified atom stereocenters. The minimum absolute atomic E-state index is 0.0480. The smallest absolute Gasteiger partial charge is 0.269 e. The summed E-state index contributed by atoms with van der Waals surface area (Å²) in [6, 6.07) is 15.2. The minimum atomic E-state index is -0.490. The van der Waals surface area contributed by atoms with E-state index >= 15 is 0 Å². The fraction of sp³-hybridized carbons (Fsp3) is 0.111. The number of benzene rings is 2. The number of carbonyl (C=O) groups excluding carboxylic acids is 1. The predicted molar refractivity (Wildman–Crippen MR) is 99.6 cm³/mol. The van der Waals surface area contributed by atoms with E-state index in [0.29, 0.717) is 11.4 Å². The summed E-state index contributed by atoms with van der Waals surface area (Å²) in [7, 11) is 0. The molecule has 130 valence electrons. The predicted octanol–water partition coefficient (Wildman–Crippen LogP) is 3.78. The lowest BCUT2D eigenvalue weighted by atomic mass is 10.2. The topological polar surface area (TPSA) is 90.1 Å². The van der Waals surface area contributed by atoms with Crippen molar-refractivity contribution in [1.82, 2.24) is 9.78 Å². The third-order valence-electron chi connectivity index (χ3n) is 4.12. The molecule has 1 aliphatic heterocycles. The number of amides is 1. The molecule has 0 atom stereocenters. The van der Waals surface area contributed by atoms with Gasteiger partial charge in [-0.2, -0.15) is 16.9 Å². The lowest BCUT2D eigenvalue weighted by molar-refractivity contribution is -0.384. The number of fused-ring (bicyclic) bond motifs is 1. The molecule has 0 fully saturated rings. The second kappa shape index (κ2) is 6.64. The van der Waals surface area contributed by atoms with Crippen LogP contribution in [0.3, 0.4) is 0 Å². The van der Waals surface area contributed by atoms with Gasteiger partial charge < -0.3 is 5.32 Å². The highest BCUT2D eigenvalue weighted by Gasteiger charge is 2.25. The number of rotatable bonds is 4. The highest BCUT2D eigenvalue weighted by Crippen LogP contribution is 2.36. The van der Waals surface area contributed by atoms with Gasteiger partial charge in [0.2, 0.25) is 0 Å². The molecule has 4 rings (SSSR count). The summed E-state index contributed by atoms with van der Waals surface area (Å²) in [4.78, 5) is 22.9. The Morgan fingerprint density at radius 3 is 2.54 bits per heavy atom. The number of para-hydroxylation sites is 1. The summed E-state index contributed by atoms with van der Waals surface area (Å²) in [6.45, 7) is 0. The average Bonchev–Trinajstić information content (AvgIpc) is 3.25. The number of carbonyl (C=O) groups is 1. The number of thioether (sulfide) groups is 1. The van der Waals surface area contributed by atoms with Gasteiger partial charge in [-0.1, -0.05) is 18.2 Å². The molecule has 0 spiro atoms. The van der Waals surface area contributed by atoms with Crippen molar-refractivity contribution in [3.8, 4) is 5.69 Å². The van der Waals surface area contributed by atoms with Gasteiger partial charge in [0.1, 0.15) is 5.82 Å². The first-order valence-corrected chi connectivity index (χ1v) is 9.08. The molecule has 2 heterocycles. The van der Waals surface area contributed by atoms with Crippen molar-refractivity contribution in [2.75, 3.05) is 5.32 Å². The van der Waals surface area contributed by atoms with Gasteiger partial charge in [-0.3, -0.25) is 14.9 Å². The van der Waals surface area contributed by atoms with E-state index in [9.17, 15) is 14.9 Å². The van der Waals surface area contributed by atoms with Crippen LogP contribution in [0, 0.1) is 10.1 Å². The van der Waals surface area contributed by atoms with Crippen molar-refractivity contribution in [2.45, 2.75) is 11.5 Å². The van der Waals surface area contributed by atoms with Crippen LogP contribution in [-0.4, -0.2) is 20.6 Å². The second-order valence-corrected chi connectivity index (χ2v) is 6.76. The molecule has 1 amide bonds. The number of nitro benzene ring substituents is 1. The summed E-state index contributed by atoms with van der Waals surface area (Å²) in [6.07, 6.45) is 0. The summed E-state index contributed by atoms with van der Waals surface area (Å²) in [5.41, 5.74) is 3.17. The second-order valence-electron chi connectivity index (χ2n) is 5.77. The van der Waals surface area contributed by atoms with E-state index < -0.39 is 4.92 Å². The van der Waals surface area contributed by atoms with Crippen LogP contribution < -0.4 is 5.32 Å². The van der Waals surface area contributed by atoms with E-state index in [1.807, 2.05) is 30.3 Å². The Labute approximate surface area is 153 Å². The molecule has 2 aromatic carbocycles. The fourth-order valence-electron chi connectivity index (χ4n) is 2.81. The average molecular weight is 366 g/mol. The first-order valence-electron chi connectivity index (χ1n) is 7.93. The van der Waals surface area contributed by atoms with Crippen molar-refractivity contribution in [1.29, 1.82) is 0 Å². The Morgan fingerprint density at radius 1 is 1.12 bits per heavy atom. The monoisotopic (exact) mass is 366 g/mol. The number of nitro groups is 1. The molecular weight excluding hydrogens is 352 g/mol. The van der Waals surface area contributed by atoms with Gasteiger partial charge in [-0.15, -0.1) is 0 Å². The number of anilines is 1. The Hall–Kier alpha value is -3.13. The maximum absolute atomic E-state index is 12.6. The fourth-order valence-corrected chi connectivity index (χ4v) is 3.85. The van der Waals surface area contributed by atoms with E-state index in [-0.39, 0.29) is 11.6 Å². The quantitative estimate of drug-likeness (QED) is 0.560. The van der Waals surface area contributed by atoms with Crippen LogP contribution in [0.1, 0.15) is 21.6 Å². The summed E-state index contributed by atoms with van der Waals surface area (Å²) >= 11 is 1.75. The van der Waals surface area contributed by atoms with Crippen LogP contribution in [-0.2, 0) is 11.5 Å². The lowest BCUT2D eigenvalue weighted by Crippen LogP contribution is -2.16. The highest BCUT2D eigenvalue weighted by atomic mass is 32.2. The lowest BCUT2D eigenvalue weighted by Gasteiger charge is -2.11. The summed E-state index contributed by atoms with van der Waals surface area (Å²) < 4.78 is 1.74. The van der Waals surface area contributed by atoms with Crippen molar-refractivity contribution in [3.05, 3.63) is 81.5 Å². The molecule has 7 nitrogen and oxygen atoms in total. The van der Waals surface area contributed by atoms with Crippen LogP contribution in [0.4, 0.5) is 11.5 Å². The number of hydrogen-bond donors (Lipinski definition) is 1. The van der Waals surface area contributed by atoms with Gasteiger partial charge >= 0.3 is 0 Å². The first-order chi connectivity index (χ1) is 12.6. The molecule has 0 radical (unpaired) electrons. The standard InChI is InChI=1S/C18H14N4O3S/c23-18(12-6-8-14(9-7-12)22(24)25)19-17-15-10-26-11-16(15)20-21(17)13-4-2-1-3-5-13/h1-9H,10-11H2,(H,19,23). The SMILES string of the molecule is O=C(Nc1c2c(nn1-c1ccccc1)CSC2)c1ccc([N+](=O)[O-])cc1. The van der Waals surface area contributed by atoms with Crippen molar-refractivity contribution in [2.24, 2.45) is 0 Å². The molecule has 1 aliphatic rings. The van der Waals surface area contributed by atoms with Crippen molar-refractivity contribution in [3.63, 3.8) is 0 Å². The Kier molecular flexibility index (Phi) is 4.18. The maximum Gasteiger partial charge on any atom is 0.269 e. The maximum atomic E-state index is 12.6. The van der Waals surface area contributed by atoms with Crippen LogP contribution in [0.25, 0.3) is 5.69 Å². The van der Waals surface area contributed by atoms with Gasteiger partial charge in [0.25, 0.3) is 11.6 Å². The van der Waals surface area contributed by atoms with E-state index in [0.717, 1.165) is 28.5 Å². The Morgan fingerprint density at radius 2 is 1.85 bits per heavy atom. The van der Waals surface area contributed by atoms with E-state index in [1.54, 1.807) is 16.4 Å². The van der Waals surface area contributed by atoms with Gasteiger partial charge in [0.05, 0.1) is 16.3 Å².